The summed E-state index contributed by atoms with van der Waals surface area (Å²) in [4.78, 5) is 23.9. The summed E-state index contributed by atoms with van der Waals surface area (Å²) in [5.74, 6) is -0.229. The second kappa shape index (κ2) is 8.54. The highest BCUT2D eigenvalue weighted by atomic mass is 16.5. The van der Waals surface area contributed by atoms with Gasteiger partial charge in [-0.2, -0.15) is 0 Å². The third-order valence-corrected chi connectivity index (χ3v) is 3.74. The lowest BCUT2D eigenvalue weighted by molar-refractivity contribution is 0.0857. The maximum Gasteiger partial charge on any atom is 0.251 e. The molecule has 2 N–H and O–H groups in total. The predicted molar refractivity (Wildman–Crippen MR) is 85.0 cm³/mol. The average Bonchev–Trinajstić information content (AvgIpc) is 3.06. The first-order chi connectivity index (χ1) is 10.7. The summed E-state index contributed by atoms with van der Waals surface area (Å²) in [6, 6.07) is 6.73. The molecule has 22 heavy (non-hydrogen) atoms. The van der Waals surface area contributed by atoms with Crippen molar-refractivity contribution in [2.24, 2.45) is 0 Å². The Labute approximate surface area is 131 Å². The minimum atomic E-state index is -0.131. The van der Waals surface area contributed by atoms with Gasteiger partial charge in [0.25, 0.3) is 11.8 Å². The van der Waals surface area contributed by atoms with Gasteiger partial charge in [0.15, 0.2) is 0 Å². The number of benzene rings is 1. The lowest BCUT2D eigenvalue weighted by Gasteiger charge is -2.11. The van der Waals surface area contributed by atoms with Gasteiger partial charge in [-0.25, -0.2) is 0 Å². The van der Waals surface area contributed by atoms with Crippen LogP contribution in [-0.4, -0.2) is 37.6 Å². The molecular weight excluding hydrogens is 280 g/mol. The average molecular weight is 304 g/mol. The van der Waals surface area contributed by atoms with Crippen molar-refractivity contribution in [1.82, 2.24) is 10.6 Å². The van der Waals surface area contributed by atoms with Gasteiger partial charge in [0.2, 0.25) is 0 Å². The molecular formula is C17H24N2O3. The van der Waals surface area contributed by atoms with Crippen LogP contribution in [0.15, 0.2) is 24.3 Å². The number of unbranched alkanes of at least 4 members (excludes halogenated alkanes) is 1. The molecule has 1 aliphatic rings. The van der Waals surface area contributed by atoms with Gasteiger partial charge in [-0.1, -0.05) is 13.3 Å². The van der Waals surface area contributed by atoms with E-state index in [9.17, 15) is 9.59 Å². The second-order valence-electron chi connectivity index (χ2n) is 5.53. The number of carbonyl (C=O) groups excluding carboxylic acids is 2. The van der Waals surface area contributed by atoms with Crippen molar-refractivity contribution in [3.05, 3.63) is 35.4 Å². The van der Waals surface area contributed by atoms with E-state index in [0.29, 0.717) is 24.2 Å². The Bertz CT molecular complexity index is 493. The number of nitrogens with one attached hydrogen (secondary N) is 2. The van der Waals surface area contributed by atoms with E-state index in [1.54, 1.807) is 24.3 Å². The van der Waals surface area contributed by atoms with Crippen LogP contribution in [0.5, 0.6) is 0 Å². The lowest BCUT2D eigenvalue weighted by atomic mass is 10.1. The molecule has 0 radical (unpaired) electrons. The van der Waals surface area contributed by atoms with Gasteiger partial charge in [-0.3, -0.25) is 9.59 Å². The molecule has 1 heterocycles. The minimum Gasteiger partial charge on any atom is -0.376 e. The summed E-state index contributed by atoms with van der Waals surface area (Å²) in [6.45, 7) is 4.08. The molecule has 1 atom stereocenters. The van der Waals surface area contributed by atoms with Crippen LogP contribution in [0.1, 0.15) is 53.3 Å². The number of hydrogen-bond acceptors (Lipinski definition) is 3. The molecule has 0 bridgehead atoms. The first kappa shape index (κ1) is 16.5. The normalized spacial score (nSPS) is 17.2. The summed E-state index contributed by atoms with van der Waals surface area (Å²) >= 11 is 0. The molecule has 1 unspecified atom stereocenters. The fraction of sp³-hybridized carbons (Fsp3) is 0.529. The first-order valence-corrected chi connectivity index (χ1v) is 7.98. The number of hydrogen-bond donors (Lipinski definition) is 2. The van der Waals surface area contributed by atoms with Crippen molar-refractivity contribution in [3.63, 3.8) is 0 Å². The van der Waals surface area contributed by atoms with E-state index in [0.717, 1.165) is 32.3 Å². The van der Waals surface area contributed by atoms with Gasteiger partial charge in [0.05, 0.1) is 6.10 Å². The Kier molecular flexibility index (Phi) is 6.40. The Morgan fingerprint density at radius 2 is 1.77 bits per heavy atom. The zero-order chi connectivity index (χ0) is 15.8. The SMILES string of the molecule is CCCCNC(=O)c1ccc(C(=O)NCC2CCCO2)cc1. The summed E-state index contributed by atoms with van der Waals surface area (Å²) in [5.41, 5.74) is 1.13. The van der Waals surface area contributed by atoms with E-state index < -0.39 is 0 Å². The zero-order valence-electron chi connectivity index (χ0n) is 13.1. The van der Waals surface area contributed by atoms with Crippen LogP contribution in [0.25, 0.3) is 0 Å². The van der Waals surface area contributed by atoms with Crippen molar-refractivity contribution in [3.8, 4) is 0 Å². The monoisotopic (exact) mass is 304 g/mol. The molecule has 120 valence electrons. The summed E-state index contributed by atoms with van der Waals surface area (Å²) in [7, 11) is 0. The molecule has 0 saturated carbocycles. The van der Waals surface area contributed by atoms with Gasteiger partial charge < -0.3 is 15.4 Å². The third-order valence-electron chi connectivity index (χ3n) is 3.74. The number of ether oxygens (including phenoxy) is 1. The van der Waals surface area contributed by atoms with Gasteiger partial charge in [0, 0.05) is 30.8 Å². The van der Waals surface area contributed by atoms with E-state index in [1.807, 2.05) is 0 Å². The van der Waals surface area contributed by atoms with Crippen LogP contribution in [0, 0.1) is 0 Å². The van der Waals surface area contributed by atoms with Crippen molar-refractivity contribution >= 4 is 11.8 Å². The Balaban J connectivity index is 1.82. The first-order valence-electron chi connectivity index (χ1n) is 7.98. The van der Waals surface area contributed by atoms with Crippen molar-refractivity contribution < 1.29 is 14.3 Å². The Morgan fingerprint density at radius 1 is 1.14 bits per heavy atom. The second-order valence-corrected chi connectivity index (χ2v) is 5.53. The molecule has 1 aromatic carbocycles. The zero-order valence-corrected chi connectivity index (χ0v) is 13.1. The summed E-state index contributed by atoms with van der Waals surface area (Å²) in [6.07, 6.45) is 4.20. The highest BCUT2D eigenvalue weighted by Crippen LogP contribution is 2.11. The van der Waals surface area contributed by atoms with Crippen LogP contribution in [-0.2, 0) is 4.74 Å². The van der Waals surface area contributed by atoms with E-state index in [-0.39, 0.29) is 17.9 Å². The minimum absolute atomic E-state index is 0.0974. The van der Waals surface area contributed by atoms with Crippen LogP contribution in [0.4, 0.5) is 0 Å². The molecule has 1 aliphatic heterocycles. The maximum absolute atomic E-state index is 12.0. The molecule has 0 spiro atoms. The molecule has 2 rings (SSSR count). The topological polar surface area (TPSA) is 67.4 Å². The van der Waals surface area contributed by atoms with Crippen LogP contribution in [0.3, 0.4) is 0 Å². The highest BCUT2D eigenvalue weighted by molar-refractivity contribution is 5.97. The predicted octanol–water partition coefficient (Wildman–Crippen LogP) is 2.13. The largest absolute Gasteiger partial charge is 0.376 e. The fourth-order valence-electron chi connectivity index (χ4n) is 2.37. The van der Waals surface area contributed by atoms with Gasteiger partial charge in [-0.05, 0) is 43.5 Å². The van der Waals surface area contributed by atoms with E-state index in [4.69, 9.17) is 4.74 Å². The summed E-state index contributed by atoms with van der Waals surface area (Å²) in [5, 5.41) is 5.72. The molecule has 5 nitrogen and oxygen atoms in total. The highest BCUT2D eigenvalue weighted by Gasteiger charge is 2.16. The standard InChI is InChI=1S/C17H24N2O3/c1-2-3-10-18-16(20)13-6-8-14(9-7-13)17(21)19-12-15-5-4-11-22-15/h6-9,15H,2-5,10-12H2,1H3,(H,18,20)(H,19,21). The van der Waals surface area contributed by atoms with Gasteiger partial charge in [0.1, 0.15) is 0 Å². The van der Waals surface area contributed by atoms with E-state index in [2.05, 4.69) is 17.6 Å². The molecule has 0 aromatic heterocycles. The quantitative estimate of drug-likeness (QED) is 0.758. The van der Waals surface area contributed by atoms with Crippen molar-refractivity contribution in [2.75, 3.05) is 19.7 Å². The molecule has 5 heteroatoms. The summed E-state index contributed by atoms with van der Waals surface area (Å²) < 4.78 is 5.47. The number of rotatable bonds is 7. The van der Waals surface area contributed by atoms with Crippen molar-refractivity contribution in [2.45, 2.75) is 38.7 Å². The smallest absolute Gasteiger partial charge is 0.251 e. The molecule has 2 amide bonds. The van der Waals surface area contributed by atoms with Crippen LogP contribution in [0.2, 0.25) is 0 Å². The Hall–Kier alpha value is -1.88. The maximum atomic E-state index is 12.0. The number of carbonyl (C=O) groups is 2. The molecule has 0 aliphatic carbocycles. The third kappa shape index (κ3) is 4.84. The molecule has 1 aromatic rings. The van der Waals surface area contributed by atoms with Gasteiger partial charge >= 0.3 is 0 Å². The van der Waals surface area contributed by atoms with Crippen LogP contribution >= 0.6 is 0 Å². The van der Waals surface area contributed by atoms with Gasteiger partial charge in [-0.15, -0.1) is 0 Å². The lowest BCUT2D eigenvalue weighted by Crippen LogP contribution is -2.31. The Morgan fingerprint density at radius 3 is 2.32 bits per heavy atom. The van der Waals surface area contributed by atoms with E-state index in [1.165, 1.54) is 0 Å². The molecule has 1 saturated heterocycles. The molecule has 1 fully saturated rings. The van der Waals surface area contributed by atoms with Crippen LogP contribution < -0.4 is 10.6 Å². The van der Waals surface area contributed by atoms with Crippen molar-refractivity contribution in [1.29, 1.82) is 0 Å². The van der Waals surface area contributed by atoms with E-state index >= 15 is 0 Å². The number of amides is 2. The fourth-order valence-corrected chi connectivity index (χ4v) is 2.37.